The highest BCUT2D eigenvalue weighted by Crippen LogP contribution is 2.37. The summed E-state index contributed by atoms with van der Waals surface area (Å²) >= 11 is 5.89. The van der Waals surface area contributed by atoms with Crippen LogP contribution in [0.4, 0.5) is 14.5 Å². The Bertz CT molecular complexity index is 1590. The first-order chi connectivity index (χ1) is 20.2. The molecule has 0 saturated heterocycles. The predicted molar refractivity (Wildman–Crippen MR) is 155 cm³/mol. The molecule has 2 aromatic carbocycles. The van der Waals surface area contributed by atoms with Gasteiger partial charge in [-0.2, -0.15) is 0 Å². The number of aromatic nitrogens is 1. The SMILES string of the molecule is COC(=O)Cc1ccc2c(c1)NC(=O)[C@@H](C)CCC[C@H](N1CCC(c3c(F)ccc(Cl)c3F)=CC1=O)c1cc-2ccn1. The number of nitrogens with zero attached hydrogens (tertiary/aromatic N) is 2. The number of amides is 2. The van der Waals surface area contributed by atoms with Crippen LogP contribution in [0.5, 0.6) is 0 Å². The molecule has 218 valence electrons. The van der Waals surface area contributed by atoms with Crippen LogP contribution < -0.4 is 5.32 Å². The maximum atomic E-state index is 14.7. The van der Waals surface area contributed by atoms with E-state index in [0.717, 1.165) is 23.3 Å². The van der Waals surface area contributed by atoms with Crippen LogP contribution in [0, 0.1) is 17.6 Å². The first-order valence-electron chi connectivity index (χ1n) is 13.8. The fourth-order valence-electron chi connectivity index (χ4n) is 5.54. The Balaban J connectivity index is 1.52. The molecule has 1 N–H and O–H groups in total. The van der Waals surface area contributed by atoms with Gasteiger partial charge in [0.05, 0.1) is 35.9 Å². The van der Waals surface area contributed by atoms with E-state index in [4.69, 9.17) is 16.3 Å². The third-order valence-corrected chi connectivity index (χ3v) is 8.15. The summed E-state index contributed by atoms with van der Waals surface area (Å²) in [5, 5.41) is 2.82. The zero-order chi connectivity index (χ0) is 30.0. The third kappa shape index (κ3) is 6.06. The fourth-order valence-corrected chi connectivity index (χ4v) is 5.70. The molecule has 2 amide bonds. The lowest BCUT2D eigenvalue weighted by molar-refractivity contribution is -0.139. The number of hydrogen-bond donors (Lipinski definition) is 1. The van der Waals surface area contributed by atoms with Gasteiger partial charge >= 0.3 is 5.97 Å². The van der Waals surface area contributed by atoms with Crippen LogP contribution >= 0.6 is 11.6 Å². The molecule has 0 fully saturated rings. The van der Waals surface area contributed by atoms with E-state index in [1.54, 1.807) is 17.2 Å². The van der Waals surface area contributed by atoms with Crippen molar-refractivity contribution in [3.8, 4) is 11.1 Å². The van der Waals surface area contributed by atoms with Gasteiger partial charge < -0.3 is 15.0 Å². The van der Waals surface area contributed by atoms with Gasteiger partial charge in [-0.3, -0.25) is 19.4 Å². The molecule has 0 aliphatic carbocycles. The van der Waals surface area contributed by atoms with Crippen molar-refractivity contribution in [3.63, 3.8) is 0 Å². The first-order valence-corrected chi connectivity index (χ1v) is 14.2. The molecule has 7 nitrogen and oxygen atoms in total. The number of benzene rings is 2. The van der Waals surface area contributed by atoms with E-state index >= 15 is 0 Å². The van der Waals surface area contributed by atoms with Gasteiger partial charge in [0.1, 0.15) is 5.82 Å². The highest BCUT2D eigenvalue weighted by Gasteiger charge is 2.31. The van der Waals surface area contributed by atoms with Gasteiger partial charge in [-0.15, -0.1) is 0 Å². The normalized spacial score (nSPS) is 19.2. The molecule has 42 heavy (non-hydrogen) atoms. The number of anilines is 1. The standard InChI is InChI=1S/C32H30ClF2N3O4/c1-18-4-3-5-27(38-13-11-21(17-28(38)39)30-24(34)9-8-23(33)31(30)35)26-16-20(10-12-36-26)22-7-6-19(15-29(40)42-2)14-25(22)37-32(18)41/h6-10,12,14,16-18,27H,3-5,11,13,15H2,1-2H3,(H,37,41)/t18-,27-/m0/s1. The molecular weight excluding hydrogens is 564 g/mol. The second-order valence-electron chi connectivity index (χ2n) is 10.6. The average molecular weight is 594 g/mol. The molecule has 1 aromatic heterocycles. The van der Waals surface area contributed by atoms with E-state index in [9.17, 15) is 23.2 Å². The lowest BCUT2D eigenvalue weighted by atomic mass is 9.92. The summed E-state index contributed by atoms with van der Waals surface area (Å²) < 4.78 is 34.1. The Kier molecular flexibility index (Phi) is 8.68. The van der Waals surface area contributed by atoms with Crippen molar-refractivity contribution >= 4 is 40.6 Å². The molecule has 3 heterocycles. The van der Waals surface area contributed by atoms with Crippen molar-refractivity contribution in [1.29, 1.82) is 0 Å². The van der Waals surface area contributed by atoms with Gasteiger partial charge in [-0.25, -0.2) is 8.78 Å². The Labute approximate surface area is 247 Å². The van der Waals surface area contributed by atoms with Crippen molar-refractivity contribution in [2.75, 3.05) is 19.0 Å². The van der Waals surface area contributed by atoms with Crippen LogP contribution in [0.3, 0.4) is 0 Å². The number of pyridine rings is 1. The maximum Gasteiger partial charge on any atom is 0.309 e. The Morgan fingerprint density at radius 1 is 1.14 bits per heavy atom. The number of rotatable bonds is 4. The van der Waals surface area contributed by atoms with Gasteiger partial charge in [0.15, 0.2) is 5.82 Å². The summed E-state index contributed by atoms with van der Waals surface area (Å²) in [6.07, 6.45) is 4.99. The molecule has 2 bridgehead atoms. The summed E-state index contributed by atoms with van der Waals surface area (Å²) in [6, 6.07) is 11.0. The van der Waals surface area contributed by atoms with Crippen molar-refractivity contribution in [3.05, 3.63) is 88.2 Å². The molecule has 2 aliphatic rings. The Hall–Kier alpha value is -4.11. The average Bonchev–Trinajstić information content (AvgIpc) is 2.97. The van der Waals surface area contributed by atoms with Crippen molar-refractivity contribution in [2.24, 2.45) is 5.92 Å². The topological polar surface area (TPSA) is 88.6 Å². The number of esters is 1. The molecule has 2 atom stereocenters. The minimum Gasteiger partial charge on any atom is -0.469 e. The molecule has 0 spiro atoms. The molecule has 0 unspecified atom stereocenters. The van der Waals surface area contributed by atoms with Gasteiger partial charge in [0, 0.05) is 36.0 Å². The minimum atomic E-state index is -0.884. The van der Waals surface area contributed by atoms with Crippen LogP contribution in [0.15, 0.2) is 54.7 Å². The van der Waals surface area contributed by atoms with Crippen molar-refractivity contribution in [1.82, 2.24) is 9.88 Å². The second kappa shape index (κ2) is 12.4. The zero-order valence-corrected chi connectivity index (χ0v) is 24.0. The van der Waals surface area contributed by atoms with Crippen LogP contribution in [0.2, 0.25) is 5.02 Å². The molecule has 0 radical (unpaired) electrons. The lowest BCUT2D eigenvalue weighted by Gasteiger charge is -2.34. The summed E-state index contributed by atoms with van der Waals surface area (Å²) in [4.78, 5) is 44.8. The maximum absolute atomic E-state index is 14.7. The highest BCUT2D eigenvalue weighted by atomic mass is 35.5. The van der Waals surface area contributed by atoms with E-state index in [1.165, 1.54) is 13.2 Å². The van der Waals surface area contributed by atoms with Crippen LogP contribution in [0.1, 0.15) is 55.5 Å². The smallest absolute Gasteiger partial charge is 0.309 e. The monoisotopic (exact) mass is 593 g/mol. The van der Waals surface area contributed by atoms with Gasteiger partial charge in [0.2, 0.25) is 11.8 Å². The molecule has 10 heteroatoms. The van der Waals surface area contributed by atoms with Gasteiger partial charge in [-0.1, -0.05) is 37.1 Å². The molecule has 2 aliphatic heterocycles. The summed E-state index contributed by atoms with van der Waals surface area (Å²) in [7, 11) is 1.33. The number of fused-ring (bicyclic) bond motifs is 4. The number of carbonyl (C=O) groups is 3. The number of carbonyl (C=O) groups excluding carboxylic acids is 3. The summed E-state index contributed by atoms with van der Waals surface area (Å²) in [5.74, 6) is -2.88. The number of methoxy groups -OCH3 is 1. The first kappa shape index (κ1) is 29.4. The molecule has 3 aromatic rings. The fraction of sp³-hybridized carbons (Fsp3) is 0.312. The van der Waals surface area contributed by atoms with Crippen molar-refractivity contribution in [2.45, 2.75) is 45.1 Å². The number of halogens is 3. The van der Waals surface area contributed by atoms with Crippen LogP contribution in [0.25, 0.3) is 16.7 Å². The lowest BCUT2D eigenvalue weighted by Crippen LogP contribution is -2.38. The number of ether oxygens (including phenoxy) is 1. The predicted octanol–water partition coefficient (Wildman–Crippen LogP) is 6.51. The molecular formula is C32H30ClF2N3O4. The molecule has 0 saturated carbocycles. The Morgan fingerprint density at radius 2 is 1.95 bits per heavy atom. The van der Waals surface area contributed by atoms with Gasteiger partial charge in [0.25, 0.3) is 0 Å². The van der Waals surface area contributed by atoms with Crippen LogP contribution in [-0.2, 0) is 25.5 Å². The summed E-state index contributed by atoms with van der Waals surface area (Å²) in [5.41, 5.74) is 3.43. The summed E-state index contributed by atoms with van der Waals surface area (Å²) in [6.45, 7) is 2.08. The highest BCUT2D eigenvalue weighted by molar-refractivity contribution is 6.31. The van der Waals surface area contributed by atoms with E-state index in [2.05, 4.69) is 10.3 Å². The molecule has 5 rings (SSSR count). The van der Waals surface area contributed by atoms with Crippen molar-refractivity contribution < 1.29 is 27.9 Å². The van der Waals surface area contributed by atoms with E-state index in [0.29, 0.717) is 36.2 Å². The number of nitrogens with one attached hydrogen (secondary N) is 1. The zero-order valence-electron chi connectivity index (χ0n) is 23.3. The van der Waals surface area contributed by atoms with Crippen LogP contribution in [-0.4, -0.2) is 41.3 Å². The van der Waals surface area contributed by atoms with E-state index in [1.807, 2.05) is 31.2 Å². The largest absolute Gasteiger partial charge is 0.469 e. The minimum absolute atomic E-state index is 0.0639. The van der Waals surface area contributed by atoms with E-state index < -0.39 is 17.7 Å². The van der Waals surface area contributed by atoms with E-state index in [-0.39, 0.29) is 59.2 Å². The van der Waals surface area contributed by atoms with Gasteiger partial charge in [-0.05, 0) is 66.3 Å². The third-order valence-electron chi connectivity index (χ3n) is 7.86. The second-order valence-corrected chi connectivity index (χ2v) is 11.0. The number of hydrogen-bond acceptors (Lipinski definition) is 5. The Morgan fingerprint density at radius 3 is 2.71 bits per heavy atom. The quantitative estimate of drug-likeness (QED) is 0.275.